The number of unbranched alkanes of at least 4 members (excludes halogenated alkanes) is 3. The molecular weight excluding hydrogens is 714 g/mol. The van der Waals surface area contributed by atoms with Crippen LogP contribution in [0.2, 0.25) is 0 Å². The number of benzene rings is 2. The maximum Gasteiger partial charge on any atom is 0.313 e. The van der Waals surface area contributed by atoms with Crippen LogP contribution in [0.15, 0.2) is 73.8 Å². The first-order valence-electron chi connectivity index (χ1n) is 17.9. The molecular formula is C40H50BrN3O7. The second kappa shape index (κ2) is 17.1. The molecule has 3 amide bonds. The lowest BCUT2D eigenvalue weighted by atomic mass is 9.70. The number of nitrogens with one attached hydrogen (secondary N) is 1. The number of rotatable bonds is 18. The molecule has 11 heteroatoms. The number of esters is 1. The highest BCUT2D eigenvalue weighted by Crippen LogP contribution is 2.60. The van der Waals surface area contributed by atoms with E-state index in [1.54, 1.807) is 22.0 Å². The lowest BCUT2D eigenvalue weighted by Gasteiger charge is -2.38. The number of fused-ring (bicyclic) bond motifs is 1. The zero-order valence-electron chi connectivity index (χ0n) is 29.6. The molecule has 1 spiro atoms. The first kappa shape index (κ1) is 38.4. The molecule has 2 bridgehead atoms. The molecule has 5 rings (SSSR count). The van der Waals surface area contributed by atoms with Crippen molar-refractivity contribution in [1.82, 2.24) is 10.2 Å². The number of alkyl halides is 1. The molecule has 274 valence electrons. The van der Waals surface area contributed by atoms with Crippen molar-refractivity contribution < 1.29 is 33.8 Å². The number of halogens is 1. The number of aliphatic hydroxyl groups is 1. The molecule has 1 unspecified atom stereocenters. The van der Waals surface area contributed by atoms with Gasteiger partial charge in [-0.2, -0.15) is 0 Å². The van der Waals surface area contributed by atoms with Gasteiger partial charge in [0, 0.05) is 36.6 Å². The van der Waals surface area contributed by atoms with Gasteiger partial charge in [0.05, 0.1) is 24.5 Å². The van der Waals surface area contributed by atoms with Gasteiger partial charge in [0.2, 0.25) is 11.8 Å². The Kier molecular flexibility index (Phi) is 12.9. The monoisotopic (exact) mass is 763 g/mol. The minimum Gasteiger partial charge on any atom is -0.455 e. The van der Waals surface area contributed by atoms with Gasteiger partial charge in [-0.1, -0.05) is 89.5 Å². The van der Waals surface area contributed by atoms with Crippen molar-refractivity contribution >= 4 is 45.3 Å². The molecule has 2 N–H and O–H groups in total. The number of allylic oxidation sites excluding steroid dienone is 1. The fraction of sp³-hybridized carbons (Fsp3) is 0.500. The lowest BCUT2D eigenvalue weighted by Crippen LogP contribution is -2.57. The number of hydrogen-bond donors (Lipinski definition) is 2. The van der Waals surface area contributed by atoms with Crippen LogP contribution >= 0.6 is 15.9 Å². The Morgan fingerprint density at radius 1 is 1.08 bits per heavy atom. The normalized spacial score (nSPS) is 25.3. The topological polar surface area (TPSA) is 125 Å². The van der Waals surface area contributed by atoms with E-state index in [4.69, 9.17) is 9.47 Å². The summed E-state index contributed by atoms with van der Waals surface area (Å²) in [5, 5.41) is 12.2. The molecule has 51 heavy (non-hydrogen) atoms. The van der Waals surface area contributed by atoms with Crippen molar-refractivity contribution in [2.45, 2.75) is 87.5 Å². The standard InChI is InChI=1S/C40H50BrN3O7/c1-5-7-20-31(46)42-25-30(28-18-11-10-12-19-28)50-39(49)32-33-37(47)44(22-13-8-9-14-23-45)36(40(33)24-29(41)35(32)51-40)38(48)43(21-6-2)34-26(3)16-15-17-27(34)4/h5-6,10-12,15-19,29-30,32-33,35-36,45H,1-2,7-9,13-14,20-25H2,3-4H3,(H,42,46)/t29?,30-,32+,33-,35+,36+,40-/m1/s1. The SMILES string of the molecule is C=CCCC(=O)NC[C@@H](OC(=O)[C@@H]1[C@H]2O[C@@]3(CC2Br)[C@H](C(=O)N(CC=C)c2c(C)cccc2C)N(CCCCCCO)C(=O)[C@@H]13)c1ccccc1. The Labute approximate surface area is 309 Å². The third-order valence-corrected chi connectivity index (χ3v) is 11.2. The molecule has 10 nitrogen and oxygen atoms in total. The molecule has 7 atom stereocenters. The van der Waals surface area contributed by atoms with Gasteiger partial charge < -0.3 is 29.7 Å². The summed E-state index contributed by atoms with van der Waals surface area (Å²) in [4.78, 5) is 59.6. The Bertz CT molecular complexity index is 1580. The van der Waals surface area contributed by atoms with Crippen LogP contribution in [-0.2, 0) is 28.7 Å². The minimum atomic E-state index is -1.26. The number of likely N-dealkylation sites (tertiary alicyclic amines) is 1. The molecule has 2 aromatic rings. The summed E-state index contributed by atoms with van der Waals surface area (Å²) in [6, 6.07) is 14.0. The van der Waals surface area contributed by atoms with E-state index < -0.39 is 41.7 Å². The van der Waals surface area contributed by atoms with Gasteiger partial charge >= 0.3 is 5.97 Å². The molecule has 3 fully saturated rings. The zero-order valence-corrected chi connectivity index (χ0v) is 31.2. The van der Waals surface area contributed by atoms with Crippen LogP contribution in [-0.4, -0.2) is 82.5 Å². The number of aryl methyl sites for hydroxylation is 2. The van der Waals surface area contributed by atoms with E-state index in [9.17, 15) is 19.5 Å². The Morgan fingerprint density at radius 3 is 2.45 bits per heavy atom. The highest BCUT2D eigenvalue weighted by atomic mass is 79.9. The number of carbonyl (C=O) groups is 4. The van der Waals surface area contributed by atoms with E-state index in [0.717, 1.165) is 29.7 Å². The summed E-state index contributed by atoms with van der Waals surface area (Å²) in [6.07, 6.45) is 5.83. The Hall–Kier alpha value is -3.80. The van der Waals surface area contributed by atoms with Crippen molar-refractivity contribution in [3.05, 3.63) is 90.5 Å². The van der Waals surface area contributed by atoms with Crippen LogP contribution in [0.1, 0.15) is 67.7 Å². The van der Waals surface area contributed by atoms with Crippen LogP contribution in [0.5, 0.6) is 0 Å². The summed E-state index contributed by atoms with van der Waals surface area (Å²) in [6.45, 7) is 12.2. The van der Waals surface area contributed by atoms with Crippen molar-refractivity contribution in [3.8, 4) is 0 Å². The van der Waals surface area contributed by atoms with Crippen molar-refractivity contribution in [2.24, 2.45) is 11.8 Å². The first-order valence-corrected chi connectivity index (χ1v) is 18.9. The summed E-state index contributed by atoms with van der Waals surface area (Å²) in [7, 11) is 0. The number of ether oxygens (including phenoxy) is 2. The molecule has 0 saturated carbocycles. The molecule has 3 aliphatic rings. The molecule has 0 aliphatic carbocycles. The van der Waals surface area contributed by atoms with Crippen LogP contribution in [0.25, 0.3) is 0 Å². The number of aliphatic hydroxyl groups excluding tert-OH is 1. The highest BCUT2D eigenvalue weighted by molar-refractivity contribution is 9.09. The van der Waals surface area contributed by atoms with E-state index in [1.807, 2.05) is 62.4 Å². The van der Waals surface area contributed by atoms with Crippen LogP contribution in [0.4, 0.5) is 5.69 Å². The van der Waals surface area contributed by atoms with Gasteiger partial charge in [-0.15, -0.1) is 13.2 Å². The fourth-order valence-corrected chi connectivity index (χ4v) is 9.05. The average Bonchev–Trinajstić information content (AvgIpc) is 3.71. The second-order valence-corrected chi connectivity index (χ2v) is 15.0. The molecule has 3 aliphatic heterocycles. The van der Waals surface area contributed by atoms with E-state index in [2.05, 4.69) is 34.4 Å². The van der Waals surface area contributed by atoms with Gasteiger partial charge in [0.25, 0.3) is 5.91 Å². The molecule has 2 aromatic carbocycles. The van der Waals surface area contributed by atoms with E-state index >= 15 is 4.79 Å². The molecule has 0 radical (unpaired) electrons. The summed E-state index contributed by atoms with van der Waals surface area (Å²) >= 11 is 3.76. The third-order valence-electron chi connectivity index (χ3n) is 10.4. The predicted molar refractivity (Wildman–Crippen MR) is 199 cm³/mol. The number of carbonyl (C=O) groups excluding carboxylic acids is 4. The van der Waals surface area contributed by atoms with Crippen molar-refractivity contribution in [1.29, 1.82) is 0 Å². The van der Waals surface area contributed by atoms with Gasteiger partial charge in [-0.3, -0.25) is 19.2 Å². The highest BCUT2D eigenvalue weighted by Gasteiger charge is 2.77. The first-order chi connectivity index (χ1) is 24.6. The lowest BCUT2D eigenvalue weighted by molar-refractivity contribution is -0.160. The number of para-hydroxylation sites is 1. The van der Waals surface area contributed by atoms with Crippen LogP contribution < -0.4 is 10.2 Å². The predicted octanol–water partition coefficient (Wildman–Crippen LogP) is 5.49. The van der Waals surface area contributed by atoms with Crippen LogP contribution in [0, 0.1) is 25.7 Å². The third kappa shape index (κ3) is 7.85. The number of nitrogens with zero attached hydrogens (tertiary/aromatic N) is 2. The maximum atomic E-state index is 15.0. The Balaban J connectivity index is 1.49. The van der Waals surface area contributed by atoms with Gasteiger partial charge in [-0.05, 0) is 56.2 Å². The maximum absolute atomic E-state index is 15.0. The molecule has 3 saturated heterocycles. The smallest absolute Gasteiger partial charge is 0.313 e. The van der Waals surface area contributed by atoms with Crippen LogP contribution in [0.3, 0.4) is 0 Å². The average molecular weight is 765 g/mol. The molecule has 0 aromatic heterocycles. The molecule has 3 heterocycles. The number of anilines is 1. The van der Waals surface area contributed by atoms with Crippen molar-refractivity contribution in [2.75, 3.05) is 31.1 Å². The summed E-state index contributed by atoms with van der Waals surface area (Å²) in [5.74, 6) is -3.28. The van der Waals surface area contributed by atoms with E-state index in [0.29, 0.717) is 37.8 Å². The van der Waals surface area contributed by atoms with Crippen molar-refractivity contribution in [3.63, 3.8) is 0 Å². The van der Waals surface area contributed by atoms with Gasteiger partial charge in [0.1, 0.15) is 17.7 Å². The van der Waals surface area contributed by atoms with Gasteiger partial charge in [-0.25, -0.2) is 0 Å². The largest absolute Gasteiger partial charge is 0.455 e. The number of hydrogen-bond acceptors (Lipinski definition) is 7. The van der Waals surface area contributed by atoms with E-state index in [-0.39, 0.29) is 48.7 Å². The van der Waals surface area contributed by atoms with E-state index in [1.165, 1.54) is 0 Å². The summed E-state index contributed by atoms with van der Waals surface area (Å²) in [5.41, 5.74) is 2.03. The zero-order chi connectivity index (χ0) is 36.7. The second-order valence-electron chi connectivity index (χ2n) is 13.8. The minimum absolute atomic E-state index is 0.0544. The quantitative estimate of drug-likeness (QED) is 0.0891. The van der Waals surface area contributed by atoms with Gasteiger partial charge in [0.15, 0.2) is 0 Å². The fourth-order valence-electron chi connectivity index (χ4n) is 8.11. The Morgan fingerprint density at radius 2 is 1.78 bits per heavy atom. The number of amides is 3. The summed E-state index contributed by atoms with van der Waals surface area (Å²) < 4.78 is 13.0.